The van der Waals surface area contributed by atoms with Gasteiger partial charge < -0.3 is 30.1 Å². The Labute approximate surface area is 216 Å². The molecular formula is C28H31N3O6. The third-order valence-corrected chi connectivity index (χ3v) is 5.82. The van der Waals surface area contributed by atoms with Crippen LogP contribution in [-0.4, -0.2) is 55.0 Å². The minimum absolute atomic E-state index is 0.00866. The van der Waals surface area contributed by atoms with Crippen molar-refractivity contribution in [1.82, 2.24) is 10.2 Å². The van der Waals surface area contributed by atoms with Crippen LogP contribution in [-0.2, 0) is 6.54 Å². The molecule has 0 bridgehead atoms. The number of anilines is 1. The van der Waals surface area contributed by atoms with Crippen LogP contribution >= 0.6 is 0 Å². The lowest BCUT2D eigenvalue weighted by molar-refractivity contribution is 0.0772. The molecule has 0 aromatic heterocycles. The van der Waals surface area contributed by atoms with Crippen molar-refractivity contribution in [1.29, 1.82) is 0 Å². The summed E-state index contributed by atoms with van der Waals surface area (Å²) in [6.45, 7) is 5.31. The molecule has 37 heavy (non-hydrogen) atoms. The van der Waals surface area contributed by atoms with Gasteiger partial charge in [0, 0.05) is 42.5 Å². The van der Waals surface area contributed by atoms with Crippen molar-refractivity contribution < 1.29 is 29.0 Å². The average Bonchev–Trinajstić information content (AvgIpc) is 2.93. The van der Waals surface area contributed by atoms with E-state index in [2.05, 4.69) is 10.6 Å². The Balaban J connectivity index is 1.67. The second-order valence-electron chi connectivity index (χ2n) is 8.14. The second-order valence-corrected chi connectivity index (χ2v) is 8.14. The molecule has 0 aliphatic rings. The summed E-state index contributed by atoms with van der Waals surface area (Å²) < 4.78 is 10.4. The number of carbonyl (C=O) groups excluding carboxylic acids is 3. The van der Waals surface area contributed by atoms with E-state index in [4.69, 9.17) is 9.47 Å². The van der Waals surface area contributed by atoms with E-state index >= 15 is 0 Å². The predicted molar refractivity (Wildman–Crippen MR) is 140 cm³/mol. The van der Waals surface area contributed by atoms with Crippen molar-refractivity contribution in [3.63, 3.8) is 0 Å². The summed E-state index contributed by atoms with van der Waals surface area (Å²) in [6.07, 6.45) is 0. The molecule has 0 saturated carbocycles. The molecule has 3 rings (SSSR count). The van der Waals surface area contributed by atoms with Gasteiger partial charge in [-0.25, -0.2) is 0 Å². The fourth-order valence-electron chi connectivity index (χ4n) is 3.67. The lowest BCUT2D eigenvalue weighted by atomic mass is 10.1. The number of amides is 3. The standard InChI is InChI=1S/C28H31N3O6/c1-5-31(6-2)28(35)19-9-7-18(8-10-19)17-29-27(34)24-15-21(11-12-25(24)32)30-26(33)20-13-22(36-3)16-23(14-20)37-4/h7-16,32H,5-6,17H2,1-4H3,(H,29,34)(H,30,33). The molecule has 0 radical (unpaired) electrons. The van der Waals surface area contributed by atoms with Crippen molar-refractivity contribution in [3.8, 4) is 17.2 Å². The number of ether oxygens (including phenoxy) is 2. The number of methoxy groups -OCH3 is 2. The molecule has 0 saturated heterocycles. The van der Waals surface area contributed by atoms with Gasteiger partial charge >= 0.3 is 0 Å². The van der Waals surface area contributed by atoms with Gasteiger partial charge in [0.1, 0.15) is 17.2 Å². The number of nitrogens with zero attached hydrogens (tertiary/aromatic N) is 1. The van der Waals surface area contributed by atoms with Gasteiger partial charge in [0.15, 0.2) is 0 Å². The molecule has 3 N–H and O–H groups in total. The Morgan fingerprint density at radius 1 is 0.811 bits per heavy atom. The van der Waals surface area contributed by atoms with E-state index in [1.54, 1.807) is 47.4 Å². The minimum Gasteiger partial charge on any atom is -0.507 e. The maximum Gasteiger partial charge on any atom is 0.255 e. The van der Waals surface area contributed by atoms with Crippen LogP contribution in [0.1, 0.15) is 50.5 Å². The first-order chi connectivity index (χ1) is 17.8. The van der Waals surface area contributed by atoms with E-state index in [1.165, 1.54) is 32.4 Å². The molecule has 9 nitrogen and oxygen atoms in total. The Morgan fingerprint density at radius 2 is 1.43 bits per heavy atom. The molecular weight excluding hydrogens is 474 g/mol. The number of carbonyl (C=O) groups is 3. The summed E-state index contributed by atoms with van der Waals surface area (Å²) in [5.41, 5.74) is 2.01. The smallest absolute Gasteiger partial charge is 0.255 e. The molecule has 9 heteroatoms. The molecule has 0 aliphatic heterocycles. The number of hydrogen-bond acceptors (Lipinski definition) is 6. The number of phenolic OH excluding ortho intramolecular Hbond substituents is 1. The summed E-state index contributed by atoms with van der Waals surface area (Å²) in [5.74, 6) is -0.300. The first-order valence-corrected chi connectivity index (χ1v) is 11.8. The number of nitrogens with one attached hydrogen (secondary N) is 2. The van der Waals surface area contributed by atoms with E-state index in [-0.39, 0.29) is 23.8 Å². The highest BCUT2D eigenvalue weighted by Gasteiger charge is 2.16. The zero-order valence-corrected chi connectivity index (χ0v) is 21.3. The highest BCUT2D eigenvalue weighted by Crippen LogP contribution is 2.25. The molecule has 0 fully saturated rings. The van der Waals surface area contributed by atoms with Crippen molar-refractivity contribution in [2.75, 3.05) is 32.6 Å². The number of phenols is 1. The Morgan fingerprint density at radius 3 is 2.00 bits per heavy atom. The van der Waals surface area contributed by atoms with Gasteiger partial charge in [-0.15, -0.1) is 0 Å². The molecule has 0 aliphatic carbocycles. The lowest BCUT2D eigenvalue weighted by Crippen LogP contribution is -2.30. The zero-order chi connectivity index (χ0) is 26.9. The average molecular weight is 506 g/mol. The van der Waals surface area contributed by atoms with E-state index in [0.717, 1.165) is 5.56 Å². The number of aromatic hydroxyl groups is 1. The molecule has 3 amide bonds. The maximum absolute atomic E-state index is 12.8. The third-order valence-electron chi connectivity index (χ3n) is 5.82. The van der Waals surface area contributed by atoms with Gasteiger partial charge in [0.25, 0.3) is 17.7 Å². The van der Waals surface area contributed by atoms with E-state index in [9.17, 15) is 19.5 Å². The van der Waals surface area contributed by atoms with Crippen LogP contribution in [0.15, 0.2) is 60.7 Å². The summed E-state index contributed by atoms with van der Waals surface area (Å²) in [7, 11) is 2.98. The van der Waals surface area contributed by atoms with Gasteiger partial charge in [0.2, 0.25) is 0 Å². The Kier molecular flexibility index (Phi) is 9.10. The molecule has 0 unspecified atom stereocenters. The van der Waals surface area contributed by atoms with Crippen LogP contribution in [0, 0.1) is 0 Å². The molecule has 3 aromatic carbocycles. The Bertz CT molecular complexity index is 1250. The minimum atomic E-state index is -0.514. The highest BCUT2D eigenvalue weighted by atomic mass is 16.5. The molecule has 194 valence electrons. The molecule has 3 aromatic rings. The number of rotatable bonds is 10. The zero-order valence-electron chi connectivity index (χ0n) is 21.3. The maximum atomic E-state index is 12.8. The van der Waals surface area contributed by atoms with E-state index in [1.807, 2.05) is 13.8 Å². The van der Waals surface area contributed by atoms with Crippen LogP contribution in [0.2, 0.25) is 0 Å². The summed E-state index contributed by atoms with van der Waals surface area (Å²) in [6, 6.07) is 16.0. The quantitative estimate of drug-likeness (QED) is 0.358. The first kappa shape index (κ1) is 27.1. The van der Waals surface area contributed by atoms with Crippen molar-refractivity contribution in [3.05, 3.63) is 82.9 Å². The van der Waals surface area contributed by atoms with Gasteiger partial charge in [-0.2, -0.15) is 0 Å². The summed E-state index contributed by atoms with van der Waals surface area (Å²) >= 11 is 0. The van der Waals surface area contributed by atoms with E-state index < -0.39 is 11.8 Å². The summed E-state index contributed by atoms with van der Waals surface area (Å²) in [4.78, 5) is 39.7. The van der Waals surface area contributed by atoms with Crippen LogP contribution < -0.4 is 20.1 Å². The molecule has 0 spiro atoms. The van der Waals surface area contributed by atoms with Crippen LogP contribution in [0.5, 0.6) is 17.2 Å². The van der Waals surface area contributed by atoms with Crippen molar-refractivity contribution in [2.24, 2.45) is 0 Å². The topological polar surface area (TPSA) is 117 Å². The first-order valence-electron chi connectivity index (χ1n) is 11.8. The molecule has 0 heterocycles. The van der Waals surface area contributed by atoms with Gasteiger partial charge in [0.05, 0.1) is 19.8 Å². The molecule has 0 atom stereocenters. The third kappa shape index (κ3) is 6.78. The van der Waals surface area contributed by atoms with E-state index in [0.29, 0.717) is 41.4 Å². The number of hydrogen-bond donors (Lipinski definition) is 3. The normalized spacial score (nSPS) is 10.4. The van der Waals surface area contributed by atoms with Gasteiger partial charge in [-0.1, -0.05) is 12.1 Å². The SMILES string of the molecule is CCN(CC)C(=O)c1ccc(CNC(=O)c2cc(NC(=O)c3cc(OC)cc(OC)c3)ccc2O)cc1. The second kappa shape index (κ2) is 12.4. The van der Waals surface area contributed by atoms with Crippen molar-refractivity contribution in [2.45, 2.75) is 20.4 Å². The van der Waals surface area contributed by atoms with Crippen LogP contribution in [0.4, 0.5) is 5.69 Å². The monoisotopic (exact) mass is 505 g/mol. The summed E-state index contributed by atoms with van der Waals surface area (Å²) in [5, 5.41) is 15.7. The Hall–Kier alpha value is -4.53. The van der Waals surface area contributed by atoms with Crippen LogP contribution in [0.25, 0.3) is 0 Å². The van der Waals surface area contributed by atoms with Gasteiger partial charge in [-0.3, -0.25) is 14.4 Å². The highest BCUT2D eigenvalue weighted by molar-refractivity contribution is 6.06. The lowest BCUT2D eigenvalue weighted by Gasteiger charge is -2.18. The fourth-order valence-corrected chi connectivity index (χ4v) is 3.67. The van der Waals surface area contributed by atoms with Crippen LogP contribution in [0.3, 0.4) is 0 Å². The predicted octanol–water partition coefficient (Wildman–Crippen LogP) is 4.07. The van der Waals surface area contributed by atoms with Crippen molar-refractivity contribution >= 4 is 23.4 Å². The largest absolute Gasteiger partial charge is 0.507 e. The van der Waals surface area contributed by atoms with Gasteiger partial charge in [-0.05, 0) is 61.9 Å². The fraction of sp³-hybridized carbons (Fsp3) is 0.250. The number of benzene rings is 3.